The first kappa shape index (κ1) is 16.7. The lowest BCUT2D eigenvalue weighted by Crippen LogP contribution is -2.34. The highest BCUT2D eigenvalue weighted by Crippen LogP contribution is 2.30. The molecule has 0 saturated heterocycles. The predicted octanol–water partition coefficient (Wildman–Crippen LogP) is 4.67. The van der Waals surface area contributed by atoms with Crippen LogP contribution in [0.4, 0.5) is 0 Å². The van der Waals surface area contributed by atoms with Crippen LogP contribution in [0.1, 0.15) is 44.6 Å². The number of carbonyl (C=O) groups excluding carboxylic acids is 1. The molecule has 0 radical (unpaired) electrons. The van der Waals surface area contributed by atoms with Gasteiger partial charge in [0.05, 0.1) is 0 Å². The van der Waals surface area contributed by atoms with Gasteiger partial charge in [-0.2, -0.15) is 0 Å². The normalized spacial score (nSPS) is 22.8. The molecule has 0 spiro atoms. The van der Waals surface area contributed by atoms with Gasteiger partial charge in [-0.25, -0.2) is 0 Å². The summed E-state index contributed by atoms with van der Waals surface area (Å²) in [5.41, 5.74) is 1.29. The molecule has 2 atom stereocenters. The fraction of sp³-hybridized carbons (Fsp3) is 0.611. The highest BCUT2D eigenvalue weighted by atomic mass is 79.9. The fourth-order valence-electron chi connectivity index (χ4n) is 3.41. The van der Waals surface area contributed by atoms with Gasteiger partial charge in [0.25, 0.3) is 0 Å². The Morgan fingerprint density at radius 2 is 2.10 bits per heavy atom. The second-order valence-corrected chi connectivity index (χ2v) is 7.23. The van der Waals surface area contributed by atoms with Crippen LogP contribution in [0.2, 0.25) is 0 Å². The van der Waals surface area contributed by atoms with Crippen LogP contribution >= 0.6 is 15.9 Å². The molecule has 2 nitrogen and oxygen atoms in total. The topological polar surface area (TPSA) is 20.3 Å². The van der Waals surface area contributed by atoms with Crippen molar-refractivity contribution in [1.29, 1.82) is 0 Å². The van der Waals surface area contributed by atoms with Crippen molar-refractivity contribution < 1.29 is 4.79 Å². The molecule has 1 fully saturated rings. The van der Waals surface area contributed by atoms with Crippen molar-refractivity contribution in [3.05, 3.63) is 34.3 Å². The van der Waals surface area contributed by atoms with Gasteiger partial charge in [0.2, 0.25) is 0 Å². The number of benzene rings is 1. The minimum Gasteiger partial charge on any atom is -0.301 e. The maximum atomic E-state index is 12.2. The molecule has 1 aromatic carbocycles. The summed E-state index contributed by atoms with van der Waals surface area (Å²) in [5.74, 6) is 1.47. The molecule has 1 saturated carbocycles. The monoisotopic (exact) mass is 351 g/mol. The molecule has 2 rings (SSSR count). The van der Waals surface area contributed by atoms with Gasteiger partial charge in [-0.15, -0.1) is 0 Å². The van der Waals surface area contributed by atoms with Crippen LogP contribution < -0.4 is 0 Å². The van der Waals surface area contributed by atoms with E-state index < -0.39 is 0 Å². The number of nitrogens with zero attached hydrogens (tertiary/aromatic N) is 1. The van der Waals surface area contributed by atoms with E-state index in [1.165, 1.54) is 18.4 Å². The highest BCUT2D eigenvalue weighted by molar-refractivity contribution is 9.10. The minimum absolute atomic E-state index is 0.239. The lowest BCUT2D eigenvalue weighted by atomic mass is 9.78. The average Bonchev–Trinajstić information content (AvgIpc) is 2.45. The molecule has 1 aliphatic carbocycles. The Morgan fingerprint density at radius 3 is 2.81 bits per heavy atom. The summed E-state index contributed by atoms with van der Waals surface area (Å²) in [4.78, 5) is 14.5. The zero-order valence-corrected chi connectivity index (χ0v) is 14.7. The summed E-state index contributed by atoms with van der Waals surface area (Å²) in [6.45, 7) is 4.02. The fourth-order valence-corrected chi connectivity index (χ4v) is 3.82. The van der Waals surface area contributed by atoms with Crippen molar-refractivity contribution in [1.82, 2.24) is 4.90 Å². The summed E-state index contributed by atoms with van der Waals surface area (Å²) in [6, 6.07) is 8.32. The van der Waals surface area contributed by atoms with E-state index in [1.54, 1.807) is 0 Å². The quantitative estimate of drug-likeness (QED) is 0.742. The average molecular weight is 352 g/mol. The third kappa shape index (κ3) is 4.93. The van der Waals surface area contributed by atoms with Gasteiger partial charge < -0.3 is 4.90 Å². The lowest BCUT2D eigenvalue weighted by molar-refractivity contribution is -0.126. The zero-order chi connectivity index (χ0) is 15.2. The van der Waals surface area contributed by atoms with Gasteiger partial charge in [0.15, 0.2) is 0 Å². The molecule has 0 amide bonds. The minimum atomic E-state index is 0.239. The lowest BCUT2D eigenvalue weighted by Gasteiger charge is -2.31. The van der Waals surface area contributed by atoms with Crippen LogP contribution in [-0.2, 0) is 11.3 Å². The van der Waals surface area contributed by atoms with E-state index in [1.807, 2.05) is 6.07 Å². The van der Waals surface area contributed by atoms with Gasteiger partial charge in [-0.3, -0.25) is 4.79 Å². The molecule has 1 aliphatic rings. The summed E-state index contributed by atoms with van der Waals surface area (Å²) in [5, 5.41) is 0. The first-order valence-electron chi connectivity index (χ1n) is 8.04. The molecule has 0 N–H and O–H groups in total. The number of halogens is 1. The standard InChI is InChI=1S/C18H26BrNO/c1-3-6-14-9-10-18(21)16(11-14)13-20(2)12-15-7-4-5-8-17(15)19/h4-5,7-8,14,16H,3,6,9-13H2,1-2H3. The Labute approximate surface area is 137 Å². The number of carbonyl (C=O) groups is 1. The Balaban J connectivity index is 1.90. The molecule has 0 bridgehead atoms. The third-order valence-corrected chi connectivity index (χ3v) is 5.27. The van der Waals surface area contributed by atoms with Crippen LogP contribution in [0.15, 0.2) is 28.7 Å². The summed E-state index contributed by atoms with van der Waals surface area (Å²) in [6.07, 6.45) is 5.50. The van der Waals surface area contributed by atoms with E-state index >= 15 is 0 Å². The molecule has 0 aliphatic heterocycles. The van der Waals surface area contributed by atoms with E-state index in [9.17, 15) is 4.79 Å². The van der Waals surface area contributed by atoms with Crippen LogP contribution in [0, 0.1) is 11.8 Å². The molecular formula is C18H26BrNO. The van der Waals surface area contributed by atoms with Crippen LogP contribution in [0.25, 0.3) is 0 Å². The maximum Gasteiger partial charge on any atom is 0.137 e. The Kier molecular flexibility index (Phi) is 6.43. The smallest absolute Gasteiger partial charge is 0.137 e. The molecular weight excluding hydrogens is 326 g/mol. The van der Waals surface area contributed by atoms with E-state index in [0.717, 1.165) is 42.7 Å². The first-order chi connectivity index (χ1) is 10.1. The summed E-state index contributed by atoms with van der Waals surface area (Å²) in [7, 11) is 2.12. The number of hydrogen-bond acceptors (Lipinski definition) is 2. The summed E-state index contributed by atoms with van der Waals surface area (Å²) < 4.78 is 1.15. The second kappa shape index (κ2) is 8.09. The summed E-state index contributed by atoms with van der Waals surface area (Å²) >= 11 is 3.60. The van der Waals surface area contributed by atoms with E-state index in [2.05, 4.69) is 53.0 Å². The number of Topliss-reactive ketones (excluding diaryl/α,β-unsaturated/α-hetero) is 1. The van der Waals surface area contributed by atoms with Crippen molar-refractivity contribution in [3.8, 4) is 0 Å². The van der Waals surface area contributed by atoms with E-state index in [-0.39, 0.29) is 5.92 Å². The van der Waals surface area contributed by atoms with Gasteiger partial charge in [0.1, 0.15) is 5.78 Å². The van der Waals surface area contributed by atoms with Gasteiger partial charge in [-0.1, -0.05) is 53.9 Å². The number of hydrogen-bond donors (Lipinski definition) is 0. The zero-order valence-electron chi connectivity index (χ0n) is 13.1. The molecule has 116 valence electrons. The Morgan fingerprint density at radius 1 is 1.33 bits per heavy atom. The van der Waals surface area contributed by atoms with Crippen molar-refractivity contribution >= 4 is 21.7 Å². The maximum absolute atomic E-state index is 12.2. The molecule has 21 heavy (non-hydrogen) atoms. The Bertz CT molecular complexity index is 474. The van der Waals surface area contributed by atoms with Gasteiger partial charge >= 0.3 is 0 Å². The second-order valence-electron chi connectivity index (χ2n) is 6.38. The highest BCUT2D eigenvalue weighted by Gasteiger charge is 2.28. The molecule has 1 aromatic rings. The van der Waals surface area contributed by atoms with Crippen molar-refractivity contribution in [2.75, 3.05) is 13.6 Å². The predicted molar refractivity (Wildman–Crippen MR) is 91.2 cm³/mol. The van der Waals surface area contributed by atoms with Gasteiger partial charge in [-0.05, 0) is 37.4 Å². The number of rotatable bonds is 6. The number of ketones is 1. The SMILES string of the molecule is CCCC1CCC(=O)C(CN(C)Cc2ccccc2Br)C1. The third-order valence-electron chi connectivity index (χ3n) is 4.50. The van der Waals surface area contributed by atoms with Crippen LogP contribution in [0.5, 0.6) is 0 Å². The van der Waals surface area contributed by atoms with E-state index in [4.69, 9.17) is 0 Å². The van der Waals surface area contributed by atoms with Crippen molar-refractivity contribution in [2.24, 2.45) is 11.8 Å². The van der Waals surface area contributed by atoms with E-state index in [0.29, 0.717) is 5.78 Å². The molecule has 0 heterocycles. The Hall–Kier alpha value is -0.670. The largest absolute Gasteiger partial charge is 0.301 e. The first-order valence-corrected chi connectivity index (χ1v) is 8.84. The van der Waals surface area contributed by atoms with Crippen molar-refractivity contribution in [2.45, 2.75) is 45.6 Å². The van der Waals surface area contributed by atoms with Crippen molar-refractivity contribution in [3.63, 3.8) is 0 Å². The van der Waals surface area contributed by atoms with Crippen LogP contribution in [-0.4, -0.2) is 24.3 Å². The molecule has 3 heteroatoms. The molecule has 0 aromatic heterocycles. The van der Waals surface area contributed by atoms with Crippen LogP contribution in [0.3, 0.4) is 0 Å². The van der Waals surface area contributed by atoms with Gasteiger partial charge in [0, 0.05) is 29.9 Å². The molecule has 2 unspecified atom stereocenters.